The van der Waals surface area contributed by atoms with Crippen LogP contribution in [0.25, 0.3) is 5.65 Å². The van der Waals surface area contributed by atoms with Crippen LogP contribution < -0.4 is 5.32 Å². The Morgan fingerprint density at radius 1 is 1.32 bits per heavy atom. The van der Waals surface area contributed by atoms with Gasteiger partial charge in [-0.2, -0.15) is 5.10 Å². The van der Waals surface area contributed by atoms with Gasteiger partial charge in [-0.25, -0.2) is 9.50 Å². The van der Waals surface area contributed by atoms with Crippen molar-refractivity contribution in [3.8, 4) is 0 Å². The van der Waals surface area contributed by atoms with Gasteiger partial charge in [0.25, 0.3) is 0 Å². The average Bonchev–Trinajstić information content (AvgIpc) is 2.93. The van der Waals surface area contributed by atoms with E-state index >= 15 is 0 Å². The first-order valence-electron chi connectivity index (χ1n) is 7.12. The maximum absolute atomic E-state index is 4.53. The molecule has 2 aromatic heterocycles. The van der Waals surface area contributed by atoms with Gasteiger partial charge in [-0.3, -0.25) is 0 Å². The number of likely N-dealkylation sites (tertiary alicyclic amines) is 1. The predicted octanol–water partition coefficient (Wildman–Crippen LogP) is 1.87. The number of anilines is 1. The summed E-state index contributed by atoms with van der Waals surface area (Å²) in [5.74, 6) is 1.72. The minimum atomic E-state index is 0.769. The van der Waals surface area contributed by atoms with Crippen molar-refractivity contribution in [1.29, 1.82) is 0 Å². The standard InChI is InChI=1S/C14H21N5/c1-2-18-8-4-12(5-9-18)11-15-13-6-10-19-14(17-13)3-7-16-19/h3,6-7,10,12H,2,4-5,8-9,11H2,1H3,(H,15,17). The Hall–Kier alpha value is -1.62. The van der Waals surface area contributed by atoms with Crippen molar-refractivity contribution in [2.24, 2.45) is 5.92 Å². The molecule has 102 valence electrons. The molecule has 3 heterocycles. The molecule has 0 atom stereocenters. The molecule has 0 radical (unpaired) electrons. The van der Waals surface area contributed by atoms with Gasteiger partial charge in [0.05, 0.1) is 6.20 Å². The number of hydrogen-bond acceptors (Lipinski definition) is 4. The molecule has 0 bridgehead atoms. The van der Waals surface area contributed by atoms with Gasteiger partial charge in [0.2, 0.25) is 0 Å². The van der Waals surface area contributed by atoms with Gasteiger partial charge in [0.15, 0.2) is 5.65 Å². The Morgan fingerprint density at radius 2 is 2.16 bits per heavy atom. The fourth-order valence-electron chi connectivity index (χ4n) is 2.67. The predicted molar refractivity (Wildman–Crippen MR) is 76.3 cm³/mol. The van der Waals surface area contributed by atoms with Gasteiger partial charge in [-0.15, -0.1) is 0 Å². The minimum absolute atomic E-state index is 0.769. The van der Waals surface area contributed by atoms with Crippen molar-refractivity contribution in [3.05, 3.63) is 24.5 Å². The third-order valence-electron chi connectivity index (χ3n) is 3.98. The highest BCUT2D eigenvalue weighted by molar-refractivity contribution is 5.45. The van der Waals surface area contributed by atoms with E-state index < -0.39 is 0 Å². The molecule has 19 heavy (non-hydrogen) atoms. The Bertz CT molecular complexity index is 527. The molecule has 0 amide bonds. The second kappa shape index (κ2) is 5.57. The zero-order valence-corrected chi connectivity index (χ0v) is 11.4. The molecule has 0 spiro atoms. The molecule has 0 saturated carbocycles. The lowest BCUT2D eigenvalue weighted by molar-refractivity contribution is 0.198. The first-order valence-corrected chi connectivity index (χ1v) is 7.12. The zero-order valence-electron chi connectivity index (χ0n) is 11.4. The monoisotopic (exact) mass is 259 g/mol. The highest BCUT2D eigenvalue weighted by Crippen LogP contribution is 2.17. The Labute approximate surface area is 113 Å². The smallest absolute Gasteiger partial charge is 0.157 e. The molecule has 5 nitrogen and oxygen atoms in total. The molecule has 0 unspecified atom stereocenters. The fourth-order valence-corrected chi connectivity index (χ4v) is 2.67. The van der Waals surface area contributed by atoms with Crippen LogP contribution in [0, 0.1) is 5.92 Å². The van der Waals surface area contributed by atoms with Gasteiger partial charge in [-0.1, -0.05) is 6.92 Å². The zero-order chi connectivity index (χ0) is 13.1. The maximum Gasteiger partial charge on any atom is 0.157 e. The Balaban J connectivity index is 1.54. The van der Waals surface area contributed by atoms with E-state index in [0.717, 1.165) is 23.9 Å². The lowest BCUT2D eigenvalue weighted by Gasteiger charge is -2.31. The molecular weight excluding hydrogens is 238 g/mol. The second-order valence-corrected chi connectivity index (χ2v) is 5.21. The summed E-state index contributed by atoms with van der Waals surface area (Å²) in [6.07, 6.45) is 6.29. The number of rotatable bonds is 4. The van der Waals surface area contributed by atoms with Crippen molar-refractivity contribution in [2.45, 2.75) is 19.8 Å². The maximum atomic E-state index is 4.53. The minimum Gasteiger partial charge on any atom is -0.370 e. The quantitative estimate of drug-likeness (QED) is 0.910. The highest BCUT2D eigenvalue weighted by atomic mass is 15.2. The summed E-state index contributed by atoms with van der Waals surface area (Å²) in [5.41, 5.74) is 0.894. The van der Waals surface area contributed by atoms with Crippen LogP contribution in [0.15, 0.2) is 24.5 Å². The van der Waals surface area contributed by atoms with Gasteiger partial charge in [0, 0.05) is 18.8 Å². The summed E-state index contributed by atoms with van der Waals surface area (Å²) in [6, 6.07) is 3.91. The van der Waals surface area contributed by atoms with Crippen LogP contribution in [-0.4, -0.2) is 45.7 Å². The third-order valence-corrected chi connectivity index (χ3v) is 3.98. The van der Waals surface area contributed by atoms with Gasteiger partial charge < -0.3 is 10.2 Å². The first kappa shape index (κ1) is 12.4. The number of aromatic nitrogens is 3. The second-order valence-electron chi connectivity index (χ2n) is 5.21. The van der Waals surface area contributed by atoms with E-state index in [-0.39, 0.29) is 0 Å². The summed E-state index contributed by atoms with van der Waals surface area (Å²) in [7, 11) is 0. The fraction of sp³-hybridized carbons (Fsp3) is 0.571. The molecule has 3 rings (SSSR count). The van der Waals surface area contributed by atoms with Crippen molar-refractivity contribution in [2.75, 3.05) is 31.5 Å². The molecule has 1 saturated heterocycles. The van der Waals surface area contributed by atoms with Crippen LogP contribution in [0.5, 0.6) is 0 Å². The number of hydrogen-bond donors (Lipinski definition) is 1. The van der Waals surface area contributed by atoms with E-state index in [9.17, 15) is 0 Å². The summed E-state index contributed by atoms with van der Waals surface area (Å²) in [5, 5.41) is 7.61. The van der Waals surface area contributed by atoms with Crippen LogP contribution in [0.1, 0.15) is 19.8 Å². The van der Waals surface area contributed by atoms with Crippen LogP contribution in [-0.2, 0) is 0 Å². The van der Waals surface area contributed by atoms with Gasteiger partial charge in [0.1, 0.15) is 5.82 Å². The van der Waals surface area contributed by atoms with E-state index in [4.69, 9.17) is 0 Å². The normalized spacial score (nSPS) is 17.9. The molecule has 2 aromatic rings. The number of piperidine rings is 1. The van der Waals surface area contributed by atoms with E-state index in [1.54, 1.807) is 10.7 Å². The van der Waals surface area contributed by atoms with Crippen LogP contribution in [0.2, 0.25) is 0 Å². The van der Waals surface area contributed by atoms with E-state index in [1.807, 2.05) is 18.3 Å². The lowest BCUT2D eigenvalue weighted by Crippen LogP contribution is -2.35. The number of nitrogens with one attached hydrogen (secondary N) is 1. The molecule has 0 aromatic carbocycles. The average molecular weight is 259 g/mol. The SMILES string of the molecule is CCN1CCC(CNc2ccn3nccc3n2)CC1. The Kier molecular flexibility index (Phi) is 3.64. The topological polar surface area (TPSA) is 45.5 Å². The number of fused-ring (bicyclic) bond motifs is 1. The van der Waals surface area contributed by atoms with E-state index in [0.29, 0.717) is 0 Å². The first-order chi connectivity index (χ1) is 9.35. The molecule has 5 heteroatoms. The Morgan fingerprint density at radius 3 is 2.95 bits per heavy atom. The summed E-state index contributed by atoms with van der Waals surface area (Å²) in [4.78, 5) is 7.05. The molecular formula is C14H21N5. The number of nitrogens with zero attached hydrogens (tertiary/aromatic N) is 4. The molecule has 1 N–H and O–H groups in total. The summed E-state index contributed by atoms with van der Waals surface area (Å²) >= 11 is 0. The van der Waals surface area contributed by atoms with E-state index in [2.05, 4.69) is 27.2 Å². The van der Waals surface area contributed by atoms with Crippen molar-refractivity contribution in [1.82, 2.24) is 19.5 Å². The largest absolute Gasteiger partial charge is 0.370 e. The molecule has 0 aliphatic carbocycles. The summed E-state index contributed by atoms with van der Waals surface area (Å²) in [6.45, 7) is 6.91. The van der Waals surface area contributed by atoms with Crippen molar-refractivity contribution >= 4 is 11.5 Å². The molecule has 1 aliphatic heterocycles. The van der Waals surface area contributed by atoms with Crippen LogP contribution in [0.4, 0.5) is 5.82 Å². The van der Waals surface area contributed by atoms with Crippen LogP contribution >= 0.6 is 0 Å². The van der Waals surface area contributed by atoms with Gasteiger partial charge in [-0.05, 0) is 44.5 Å². The lowest BCUT2D eigenvalue weighted by atomic mass is 9.97. The van der Waals surface area contributed by atoms with Crippen LogP contribution in [0.3, 0.4) is 0 Å². The van der Waals surface area contributed by atoms with Crippen molar-refractivity contribution < 1.29 is 0 Å². The van der Waals surface area contributed by atoms with Gasteiger partial charge >= 0.3 is 0 Å². The molecule has 1 fully saturated rings. The highest BCUT2D eigenvalue weighted by Gasteiger charge is 2.17. The van der Waals surface area contributed by atoms with Crippen molar-refractivity contribution in [3.63, 3.8) is 0 Å². The molecule has 1 aliphatic rings. The third kappa shape index (κ3) is 2.87. The summed E-state index contributed by atoms with van der Waals surface area (Å²) < 4.78 is 1.78. The van der Waals surface area contributed by atoms with E-state index in [1.165, 1.54) is 32.5 Å².